The summed E-state index contributed by atoms with van der Waals surface area (Å²) in [5, 5.41) is 12.9. The number of aromatic nitrogens is 1. The largest absolute Gasteiger partial charge is 0.481 e. The minimum absolute atomic E-state index is 0.0564. The fraction of sp³-hybridized carbons (Fsp3) is 0.545. The number of carbonyl (C=O) groups is 2. The topological polar surface area (TPSA) is 125 Å². The molecule has 0 radical (unpaired) electrons. The first kappa shape index (κ1) is 17.4. The van der Waals surface area contributed by atoms with Gasteiger partial charge in [0, 0.05) is 18.3 Å². The Morgan fingerprint density at radius 3 is 2.71 bits per heavy atom. The van der Waals surface area contributed by atoms with Crippen molar-refractivity contribution >= 4 is 38.4 Å². The molecule has 21 heavy (non-hydrogen) atoms. The van der Waals surface area contributed by atoms with Crippen molar-refractivity contribution in [3.63, 3.8) is 0 Å². The molecule has 0 aliphatic heterocycles. The summed E-state index contributed by atoms with van der Waals surface area (Å²) < 4.78 is 24.3. The number of rotatable bonds is 9. The highest BCUT2D eigenvalue weighted by Gasteiger charge is 2.10. The quantitative estimate of drug-likeness (QED) is 0.562. The normalized spacial score (nSPS) is 11.1. The van der Waals surface area contributed by atoms with Gasteiger partial charge in [0.1, 0.15) is 0 Å². The molecule has 1 heterocycles. The molecule has 1 amide bonds. The second kappa shape index (κ2) is 7.93. The number of carboxylic acid groups (broad SMARTS) is 1. The van der Waals surface area contributed by atoms with E-state index in [9.17, 15) is 18.0 Å². The second-order valence-electron chi connectivity index (χ2n) is 4.40. The highest BCUT2D eigenvalue weighted by molar-refractivity contribution is 7.92. The van der Waals surface area contributed by atoms with E-state index in [4.69, 9.17) is 5.11 Å². The number of anilines is 1. The maximum absolute atomic E-state index is 11.6. The molecule has 0 unspecified atom stereocenters. The van der Waals surface area contributed by atoms with E-state index < -0.39 is 16.0 Å². The standard InChI is InChI=1S/C11H17N3O5S2/c1-21(18,19)14-11-13-8(7-20-11)6-9(15)12-5-3-2-4-10(16)17/h7H,2-6H2,1H3,(H,12,15)(H,13,14)(H,16,17). The first-order chi connectivity index (χ1) is 9.76. The Hall–Kier alpha value is -1.68. The van der Waals surface area contributed by atoms with Gasteiger partial charge in [0.15, 0.2) is 5.13 Å². The van der Waals surface area contributed by atoms with E-state index in [1.807, 2.05) is 0 Å². The van der Waals surface area contributed by atoms with E-state index in [1.165, 1.54) is 0 Å². The van der Waals surface area contributed by atoms with Crippen molar-refractivity contribution in [3.05, 3.63) is 11.1 Å². The van der Waals surface area contributed by atoms with Crippen molar-refractivity contribution in [2.45, 2.75) is 25.7 Å². The molecule has 0 fully saturated rings. The molecule has 0 atom stereocenters. The van der Waals surface area contributed by atoms with Crippen LogP contribution < -0.4 is 10.0 Å². The molecule has 3 N–H and O–H groups in total. The van der Waals surface area contributed by atoms with Crippen LogP contribution in [0.2, 0.25) is 0 Å². The van der Waals surface area contributed by atoms with Crippen molar-refractivity contribution in [3.8, 4) is 0 Å². The van der Waals surface area contributed by atoms with Crippen molar-refractivity contribution in [2.24, 2.45) is 0 Å². The first-order valence-corrected chi connectivity index (χ1v) is 8.94. The zero-order chi connectivity index (χ0) is 15.9. The molecule has 0 saturated heterocycles. The summed E-state index contributed by atoms with van der Waals surface area (Å²) in [4.78, 5) is 25.9. The van der Waals surface area contributed by atoms with Crippen LogP contribution in [0.5, 0.6) is 0 Å². The number of aliphatic carboxylic acids is 1. The van der Waals surface area contributed by atoms with Crippen LogP contribution in [0.25, 0.3) is 0 Å². The van der Waals surface area contributed by atoms with Crippen LogP contribution in [-0.4, -0.2) is 43.2 Å². The molecular weight excluding hydrogens is 318 g/mol. The number of carbonyl (C=O) groups excluding carboxylic acids is 1. The number of unbranched alkanes of at least 4 members (excludes halogenated alkanes) is 1. The van der Waals surface area contributed by atoms with Crippen LogP contribution in [0.1, 0.15) is 25.0 Å². The number of nitrogens with one attached hydrogen (secondary N) is 2. The molecule has 1 aromatic rings. The summed E-state index contributed by atoms with van der Waals surface area (Å²) in [6.07, 6.45) is 2.27. The van der Waals surface area contributed by atoms with Gasteiger partial charge in [-0.3, -0.25) is 14.3 Å². The fourth-order valence-electron chi connectivity index (χ4n) is 1.45. The highest BCUT2D eigenvalue weighted by Crippen LogP contribution is 2.16. The Labute approximate surface area is 126 Å². The summed E-state index contributed by atoms with van der Waals surface area (Å²) in [6, 6.07) is 0. The predicted molar refractivity (Wildman–Crippen MR) is 78.8 cm³/mol. The van der Waals surface area contributed by atoms with Gasteiger partial charge >= 0.3 is 5.97 Å². The zero-order valence-electron chi connectivity index (χ0n) is 11.5. The zero-order valence-corrected chi connectivity index (χ0v) is 13.1. The molecule has 8 nitrogen and oxygen atoms in total. The number of sulfonamides is 1. The molecule has 10 heteroatoms. The summed E-state index contributed by atoms with van der Waals surface area (Å²) >= 11 is 1.11. The molecule has 0 aliphatic carbocycles. The lowest BCUT2D eigenvalue weighted by Gasteiger charge is -2.03. The van der Waals surface area contributed by atoms with Gasteiger partial charge in [-0.1, -0.05) is 0 Å². The lowest BCUT2D eigenvalue weighted by atomic mass is 10.2. The maximum Gasteiger partial charge on any atom is 0.303 e. The number of carboxylic acids is 1. The Morgan fingerprint density at radius 1 is 1.38 bits per heavy atom. The van der Waals surface area contributed by atoms with Gasteiger partial charge in [0.05, 0.1) is 18.4 Å². The van der Waals surface area contributed by atoms with E-state index in [1.54, 1.807) is 5.38 Å². The van der Waals surface area contributed by atoms with Crippen LogP contribution in [-0.2, 0) is 26.0 Å². The maximum atomic E-state index is 11.6. The molecular formula is C11H17N3O5S2. The average Bonchev–Trinajstić information content (AvgIpc) is 2.73. The highest BCUT2D eigenvalue weighted by atomic mass is 32.2. The molecule has 1 rings (SSSR count). The summed E-state index contributed by atoms with van der Waals surface area (Å²) in [7, 11) is -3.37. The van der Waals surface area contributed by atoms with Crippen LogP contribution >= 0.6 is 11.3 Å². The van der Waals surface area contributed by atoms with E-state index in [-0.39, 0.29) is 23.9 Å². The Kier molecular flexibility index (Phi) is 6.56. The second-order valence-corrected chi connectivity index (χ2v) is 7.00. The predicted octanol–water partition coefficient (Wildman–Crippen LogP) is 0.428. The van der Waals surface area contributed by atoms with Gasteiger partial charge in [-0.15, -0.1) is 11.3 Å². The third kappa shape index (κ3) is 8.25. The summed E-state index contributed by atoms with van der Waals surface area (Å²) in [6.45, 7) is 0.407. The molecule has 1 aromatic heterocycles. The Balaban J connectivity index is 2.30. The first-order valence-electron chi connectivity index (χ1n) is 6.17. The van der Waals surface area contributed by atoms with Crippen LogP contribution in [0.15, 0.2) is 5.38 Å². The molecule has 0 spiro atoms. The Morgan fingerprint density at radius 2 is 2.10 bits per heavy atom. The van der Waals surface area contributed by atoms with E-state index >= 15 is 0 Å². The smallest absolute Gasteiger partial charge is 0.303 e. The van der Waals surface area contributed by atoms with E-state index in [0.717, 1.165) is 17.6 Å². The number of nitrogens with zero attached hydrogens (tertiary/aromatic N) is 1. The van der Waals surface area contributed by atoms with Crippen LogP contribution in [0.3, 0.4) is 0 Å². The summed E-state index contributed by atoms with van der Waals surface area (Å²) in [5.74, 6) is -1.09. The van der Waals surface area contributed by atoms with Crippen molar-refractivity contribution in [1.29, 1.82) is 0 Å². The molecule has 0 aliphatic rings. The number of amides is 1. The molecule has 0 saturated carbocycles. The fourth-order valence-corrected chi connectivity index (χ4v) is 3.01. The lowest BCUT2D eigenvalue weighted by molar-refractivity contribution is -0.137. The minimum atomic E-state index is -3.37. The van der Waals surface area contributed by atoms with Crippen LogP contribution in [0.4, 0.5) is 5.13 Å². The number of hydrogen-bond acceptors (Lipinski definition) is 6. The number of hydrogen-bond donors (Lipinski definition) is 3. The molecule has 0 aromatic carbocycles. The minimum Gasteiger partial charge on any atom is -0.481 e. The van der Waals surface area contributed by atoms with Crippen molar-refractivity contribution in [1.82, 2.24) is 10.3 Å². The van der Waals surface area contributed by atoms with Crippen LogP contribution in [0, 0.1) is 0 Å². The Bertz CT molecular complexity index is 597. The van der Waals surface area contributed by atoms with Gasteiger partial charge in [-0.25, -0.2) is 13.4 Å². The van der Waals surface area contributed by atoms with Crippen molar-refractivity contribution < 1.29 is 23.1 Å². The van der Waals surface area contributed by atoms with Gasteiger partial charge < -0.3 is 10.4 Å². The SMILES string of the molecule is CS(=O)(=O)Nc1nc(CC(=O)NCCCCC(=O)O)cs1. The lowest BCUT2D eigenvalue weighted by Crippen LogP contribution is -2.26. The summed E-state index contributed by atoms with van der Waals surface area (Å²) in [5.41, 5.74) is 0.481. The third-order valence-electron chi connectivity index (χ3n) is 2.31. The average molecular weight is 335 g/mol. The third-order valence-corrected chi connectivity index (χ3v) is 3.81. The molecule has 118 valence electrons. The monoisotopic (exact) mass is 335 g/mol. The van der Waals surface area contributed by atoms with Gasteiger partial charge in [0.25, 0.3) is 0 Å². The number of thiazole rings is 1. The van der Waals surface area contributed by atoms with Gasteiger partial charge in [-0.2, -0.15) is 0 Å². The van der Waals surface area contributed by atoms with Crippen molar-refractivity contribution in [2.75, 3.05) is 17.5 Å². The van der Waals surface area contributed by atoms with Gasteiger partial charge in [-0.05, 0) is 12.8 Å². The van der Waals surface area contributed by atoms with Gasteiger partial charge in [0.2, 0.25) is 15.9 Å². The van der Waals surface area contributed by atoms with E-state index in [0.29, 0.717) is 25.1 Å². The molecule has 0 bridgehead atoms. The van der Waals surface area contributed by atoms with E-state index in [2.05, 4.69) is 15.0 Å².